The topological polar surface area (TPSA) is 64.7 Å². The molecule has 2 aromatic heterocycles. The first-order chi connectivity index (χ1) is 7.79. The van der Waals surface area contributed by atoms with E-state index >= 15 is 0 Å². The van der Waals surface area contributed by atoms with Gasteiger partial charge in [-0.2, -0.15) is 0 Å². The van der Waals surface area contributed by atoms with E-state index in [0.717, 1.165) is 5.56 Å². The SMILES string of the molecule is CC(c1ccncc1)C(N)c1ncccn1. The lowest BCUT2D eigenvalue weighted by atomic mass is 9.94. The summed E-state index contributed by atoms with van der Waals surface area (Å²) in [5.74, 6) is 0.845. The summed E-state index contributed by atoms with van der Waals surface area (Å²) in [6.07, 6.45) is 6.96. The fourth-order valence-corrected chi connectivity index (χ4v) is 1.58. The molecule has 4 heteroatoms. The van der Waals surface area contributed by atoms with E-state index in [-0.39, 0.29) is 12.0 Å². The molecular formula is C12H14N4. The van der Waals surface area contributed by atoms with Gasteiger partial charge in [-0.25, -0.2) is 9.97 Å². The number of pyridine rings is 1. The first-order valence-corrected chi connectivity index (χ1v) is 5.21. The molecule has 2 heterocycles. The summed E-state index contributed by atoms with van der Waals surface area (Å²) >= 11 is 0. The fourth-order valence-electron chi connectivity index (χ4n) is 1.58. The summed E-state index contributed by atoms with van der Waals surface area (Å²) in [6, 6.07) is 5.53. The molecule has 0 saturated carbocycles. The predicted molar refractivity (Wildman–Crippen MR) is 61.6 cm³/mol. The molecule has 2 atom stereocenters. The van der Waals surface area contributed by atoms with Gasteiger partial charge in [0, 0.05) is 30.7 Å². The monoisotopic (exact) mass is 214 g/mol. The summed E-state index contributed by atoms with van der Waals surface area (Å²) in [4.78, 5) is 12.3. The zero-order valence-corrected chi connectivity index (χ0v) is 9.12. The number of nitrogens with two attached hydrogens (primary N) is 1. The van der Waals surface area contributed by atoms with Crippen LogP contribution in [0.2, 0.25) is 0 Å². The van der Waals surface area contributed by atoms with Crippen LogP contribution in [0.4, 0.5) is 0 Å². The third-order valence-electron chi connectivity index (χ3n) is 2.65. The Bertz CT molecular complexity index is 386. The van der Waals surface area contributed by atoms with Crippen LogP contribution in [0.5, 0.6) is 0 Å². The van der Waals surface area contributed by atoms with Crippen LogP contribution >= 0.6 is 0 Å². The van der Waals surface area contributed by atoms with Crippen LogP contribution in [0, 0.1) is 0 Å². The molecule has 0 fully saturated rings. The molecule has 0 spiro atoms. The van der Waals surface area contributed by atoms with Crippen molar-refractivity contribution in [1.82, 2.24) is 15.0 Å². The van der Waals surface area contributed by atoms with Crippen molar-refractivity contribution in [1.29, 1.82) is 0 Å². The highest BCUT2D eigenvalue weighted by Crippen LogP contribution is 2.25. The van der Waals surface area contributed by atoms with Gasteiger partial charge < -0.3 is 5.73 Å². The lowest BCUT2D eigenvalue weighted by Crippen LogP contribution is -2.20. The first-order valence-electron chi connectivity index (χ1n) is 5.21. The maximum Gasteiger partial charge on any atom is 0.145 e. The molecule has 2 unspecified atom stereocenters. The van der Waals surface area contributed by atoms with E-state index in [2.05, 4.69) is 21.9 Å². The van der Waals surface area contributed by atoms with Crippen molar-refractivity contribution in [2.75, 3.05) is 0 Å². The zero-order chi connectivity index (χ0) is 11.4. The molecule has 2 N–H and O–H groups in total. The molecule has 0 bridgehead atoms. The maximum absolute atomic E-state index is 6.13. The number of hydrogen-bond acceptors (Lipinski definition) is 4. The van der Waals surface area contributed by atoms with E-state index < -0.39 is 0 Å². The second-order valence-electron chi connectivity index (χ2n) is 3.70. The van der Waals surface area contributed by atoms with Gasteiger partial charge in [0.15, 0.2) is 0 Å². The largest absolute Gasteiger partial charge is 0.321 e. The maximum atomic E-state index is 6.13. The van der Waals surface area contributed by atoms with E-state index in [4.69, 9.17) is 5.73 Å². The molecule has 0 aromatic carbocycles. The summed E-state index contributed by atoms with van der Waals surface area (Å²) in [5.41, 5.74) is 7.27. The zero-order valence-electron chi connectivity index (χ0n) is 9.12. The van der Waals surface area contributed by atoms with Gasteiger partial charge in [0.1, 0.15) is 5.82 Å². The van der Waals surface area contributed by atoms with Crippen LogP contribution < -0.4 is 5.73 Å². The average Bonchev–Trinajstić information content (AvgIpc) is 2.39. The Morgan fingerprint density at radius 2 is 1.69 bits per heavy atom. The van der Waals surface area contributed by atoms with Gasteiger partial charge in [-0.1, -0.05) is 6.92 Å². The number of rotatable bonds is 3. The predicted octanol–water partition coefficient (Wildman–Crippen LogP) is 1.68. The van der Waals surface area contributed by atoms with Crippen molar-refractivity contribution in [3.05, 3.63) is 54.4 Å². The minimum atomic E-state index is -0.191. The average molecular weight is 214 g/mol. The standard InChI is InChI=1S/C12H14N4/c1-9(10-3-7-14-8-4-10)11(13)12-15-5-2-6-16-12/h2-9,11H,13H2,1H3. The minimum absolute atomic E-state index is 0.172. The Balaban J connectivity index is 2.20. The molecule has 4 nitrogen and oxygen atoms in total. The highest BCUT2D eigenvalue weighted by molar-refractivity contribution is 5.18. The van der Waals surface area contributed by atoms with Gasteiger partial charge in [0.05, 0.1) is 6.04 Å². The van der Waals surface area contributed by atoms with Crippen LogP contribution in [-0.4, -0.2) is 15.0 Å². The molecule has 2 aromatic rings. The Labute approximate surface area is 94.6 Å². The van der Waals surface area contributed by atoms with Crippen LogP contribution in [0.15, 0.2) is 43.0 Å². The van der Waals surface area contributed by atoms with Crippen molar-refractivity contribution in [3.8, 4) is 0 Å². The molecule has 16 heavy (non-hydrogen) atoms. The summed E-state index contributed by atoms with van der Waals surface area (Å²) in [7, 11) is 0. The van der Waals surface area contributed by atoms with E-state index in [0.29, 0.717) is 5.82 Å². The lowest BCUT2D eigenvalue weighted by molar-refractivity contribution is 0.564. The van der Waals surface area contributed by atoms with E-state index in [1.807, 2.05) is 12.1 Å². The summed E-state index contributed by atoms with van der Waals surface area (Å²) in [6.45, 7) is 2.07. The fraction of sp³-hybridized carbons (Fsp3) is 0.250. The van der Waals surface area contributed by atoms with Gasteiger partial charge in [-0.15, -0.1) is 0 Å². The van der Waals surface area contributed by atoms with Crippen LogP contribution in [0.25, 0.3) is 0 Å². The van der Waals surface area contributed by atoms with Crippen molar-refractivity contribution in [2.45, 2.75) is 18.9 Å². The van der Waals surface area contributed by atoms with Crippen LogP contribution in [0.3, 0.4) is 0 Å². The molecule has 2 rings (SSSR count). The Kier molecular flexibility index (Phi) is 3.22. The molecular weight excluding hydrogens is 200 g/mol. The van der Waals surface area contributed by atoms with Gasteiger partial charge >= 0.3 is 0 Å². The molecule has 0 saturated heterocycles. The lowest BCUT2D eigenvalue weighted by Gasteiger charge is -2.18. The van der Waals surface area contributed by atoms with E-state index in [1.54, 1.807) is 30.9 Å². The molecule has 0 aliphatic carbocycles. The van der Waals surface area contributed by atoms with Gasteiger partial charge in [-0.05, 0) is 23.8 Å². The number of nitrogens with zero attached hydrogens (tertiary/aromatic N) is 3. The molecule has 0 aliphatic heterocycles. The highest BCUT2D eigenvalue weighted by Gasteiger charge is 2.18. The number of aromatic nitrogens is 3. The highest BCUT2D eigenvalue weighted by atomic mass is 14.9. The van der Waals surface area contributed by atoms with Crippen molar-refractivity contribution < 1.29 is 0 Å². The molecule has 82 valence electrons. The third-order valence-corrected chi connectivity index (χ3v) is 2.65. The quantitative estimate of drug-likeness (QED) is 0.844. The van der Waals surface area contributed by atoms with E-state index in [9.17, 15) is 0 Å². The van der Waals surface area contributed by atoms with Crippen LogP contribution in [0.1, 0.15) is 30.3 Å². The summed E-state index contributed by atoms with van der Waals surface area (Å²) in [5, 5.41) is 0. The smallest absolute Gasteiger partial charge is 0.145 e. The van der Waals surface area contributed by atoms with Gasteiger partial charge in [0.25, 0.3) is 0 Å². The second kappa shape index (κ2) is 4.81. The van der Waals surface area contributed by atoms with Crippen LogP contribution in [-0.2, 0) is 0 Å². The molecule has 0 aliphatic rings. The Morgan fingerprint density at radius 3 is 2.31 bits per heavy atom. The third kappa shape index (κ3) is 2.23. The first kappa shape index (κ1) is 10.7. The number of hydrogen-bond donors (Lipinski definition) is 1. The second-order valence-corrected chi connectivity index (χ2v) is 3.70. The normalized spacial score (nSPS) is 14.4. The van der Waals surface area contributed by atoms with Crippen molar-refractivity contribution >= 4 is 0 Å². The van der Waals surface area contributed by atoms with Gasteiger partial charge in [0.2, 0.25) is 0 Å². The minimum Gasteiger partial charge on any atom is -0.321 e. The molecule has 0 amide bonds. The van der Waals surface area contributed by atoms with E-state index in [1.165, 1.54) is 0 Å². The Hall–Kier alpha value is -1.81. The van der Waals surface area contributed by atoms with Crippen molar-refractivity contribution in [3.63, 3.8) is 0 Å². The Morgan fingerprint density at radius 1 is 1.06 bits per heavy atom. The van der Waals surface area contributed by atoms with Gasteiger partial charge in [-0.3, -0.25) is 4.98 Å². The summed E-state index contributed by atoms with van der Waals surface area (Å²) < 4.78 is 0. The van der Waals surface area contributed by atoms with Crippen molar-refractivity contribution in [2.24, 2.45) is 5.73 Å². The molecule has 0 radical (unpaired) electrons.